The van der Waals surface area contributed by atoms with Gasteiger partial charge < -0.3 is 20.7 Å². The van der Waals surface area contributed by atoms with Crippen molar-refractivity contribution in [3.8, 4) is 6.01 Å². The number of carbonyl (C=O) groups is 2. The van der Waals surface area contributed by atoms with Gasteiger partial charge in [0.25, 0.3) is 11.8 Å². The maximum absolute atomic E-state index is 12.4. The van der Waals surface area contributed by atoms with Crippen LogP contribution in [0.3, 0.4) is 0 Å². The number of nitrogens with zero attached hydrogens (tertiary/aromatic N) is 5. The molecule has 1 aliphatic heterocycles. The summed E-state index contributed by atoms with van der Waals surface area (Å²) in [5.41, 5.74) is 6.22. The van der Waals surface area contributed by atoms with E-state index in [1.165, 1.54) is 7.11 Å². The summed E-state index contributed by atoms with van der Waals surface area (Å²) in [6.07, 6.45) is -3.25. The molecule has 1 aliphatic rings. The zero-order valence-corrected chi connectivity index (χ0v) is 16.5. The van der Waals surface area contributed by atoms with Crippen molar-refractivity contribution in [3.05, 3.63) is 35.4 Å². The highest BCUT2D eigenvalue weighted by Gasteiger charge is 2.29. The van der Waals surface area contributed by atoms with Crippen LogP contribution in [0.25, 0.3) is 0 Å². The number of piperidine rings is 1. The number of pyridine rings is 1. The lowest BCUT2D eigenvalue weighted by Gasteiger charge is -2.31. The van der Waals surface area contributed by atoms with Crippen molar-refractivity contribution >= 4 is 17.8 Å². The second-order valence-corrected chi connectivity index (χ2v) is 6.82. The molecule has 1 saturated heterocycles. The highest BCUT2D eigenvalue weighted by Crippen LogP contribution is 2.28. The van der Waals surface area contributed by atoms with E-state index in [-0.39, 0.29) is 23.6 Å². The number of methoxy groups -OCH3 is 1. The van der Waals surface area contributed by atoms with Crippen LogP contribution in [0.5, 0.6) is 6.01 Å². The standard InChI is InChI=1S/C18H20F3N7O3/c1-31-17-26-14(15(30)23-9-18(19,20)21)25-16(27-17)28-7-5-10(6-8-28)11-3-2-4-12(24-11)13(22)29/h2-4,10H,5-9H2,1H3,(H2,22,29)(H,23,30). The first-order chi connectivity index (χ1) is 14.7. The van der Waals surface area contributed by atoms with Gasteiger partial charge in [-0.3, -0.25) is 9.59 Å². The topological polar surface area (TPSA) is 136 Å². The molecule has 2 aromatic heterocycles. The van der Waals surface area contributed by atoms with Crippen molar-refractivity contribution in [3.63, 3.8) is 0 Å². The van der Waals surface area contributed by atoms with Gasteiger partial charge in [-0.1, -0.05) is 6.07 Å². The van der Waals surface area contributed by atoms with Crippen molar-refractivity contribution in [2.45, 2.75) is 24.9 Å². The van der Waals surface area contributed by atoms with Crippen LogP contribution in [0.1, 0.15) is 45.6 Å². The second kappa shape index (κ2) is 9.10. The predicted molar refractivity (Wildman–Crippen MR) is 102 cm³/mol. The van der Waals surface area contributed by atoms with E-state index >= 15 is 0 Å². The number of nitrogens with one attached hydrogen (secondary N) is 1. The highest BCUT2D eigenvalue weighted by molar-refractivity contribution is 5.91. The largest absolute Gasteiger partial charge is 0.467 e. The molecule has 3 rings (SSSR count). The zero-order chi connectivity index (χ0) is 22.6. The Morgan fingerprint density at radius 2 is 1.90 bits per heavy atom. The van der Waals surface area contributed by atoms with Gasteiger partial charge in [-0.2, -0.15) is 28.1 Å². The van der Waals surface area contributed by atoms with Gasteiger partial charge in [-0.25, -0.2) is 4.98 Å². The van der Waals surface area contributed by atoms with Crippen molar-refractivity contribution in [1.82, 2.24) is 25.3 Å². The number of rotatable bonds is 6. The smallest absolute Gasteiger partial charge is 0.405 e. The summed E-state index contributed by atoms with van der Waals surface area (Å²) in [6, 6.07) is 4.91. The van der Waals surface area contributed by atoms with Crippen LogP contribution in [0.2, 0.25) is 0 Å². The number of primary amides is 1. The molecule has 0 aromatic carbocycles. The van der Waals surface area contributed by atoms with E-state index in [2.05, 4.69) is 19.9 Å². The summed E-state index contributed by atoms with van der Waals surface area (Å²) >= 11 is 0. The molecule has 2 amide bonds. The number of hydrogen-bond donors (Lipinski definition) is 2. The van der Waals surface area contributed by atoms with Gasteiger partial charge in [0.2, 0.25) is 11.8 Å². The molecule has 3 N–H and O–H groups in total. The molecule has 0 spiro atoms. The van der Waals surface area contributed by atoms with Crippen molar-refractivity contribution in [2.24, 2.45) is 5.73 Å². The average Bonchev–Trinajstić information content (AvgIpc) is 2.76. The average molecular weight is 439 g/mol. The first-order valence-corrected chi connectivity index (χ1v) is 9.33. The third-order valence-corrected chi connectivity index (χ3v) is 4.66. The number of hydrogen-bond acceptors (Lipinski definition) is 8. The van der Waals surface area contributed by atoms with E-state index in [1.54, 1.807) is 22.3 Å². The fourth-order valence-electron chi connectivity index (χ4n) is 3.13. The Hall–Kier alpha value is -3.51. The van der Waals surface area contributed by atoms with Crippen LogP contribution < -0.4 is 20.7 Å². The molecule has 0 unspecified atom stereocenters. The molecule has 13 heteroatoms. The fourth-order valence-corrected chi connectivity index (χ4v) is 3.13. The molecule has 10 nitrogen and oxygen atoms in total. The van der Waals surface area contributed by atoms with Gasteiger partial charge in [-0.15, -0.1) is 0 Å². The predicted octanol–water partition coefficient (Wildman–Crippen LogP) is 1.05. The Labute approximate surface area is 175 Å². The van der Waals surface area contributed by atoms with Gasteiger partial charge in [0.15, 0.2) is 0 Å². The summed E-state index contributed by atoms with van der Waals surface area (Å²) in [4.78, 5) is 41.3. The third-order valence-electron chi connectivity index (χ3n) is 4.66. The van der Waals surface area contributed by atoms with E-state index in [9.17, 15) is 22.8 Å². The molecule has 0 radical (unpaired) electrons. The number of aromatic nitrogens is 4. The van der Waals surface area contributed by atoms with Crippen LogP contribution in [-0.2, 0) is 0 Å². The first-order valence-electron chi connectivity index (χ1n) is 9.33. The Balaban J connectivity index is 1.71. The minimum atomic E-state index is -4.56. The molecule has 3 heterocycles. The van der Waals surface area contributed by atoms with Gasteiger partial charge in [0.05, 0.1) is 7.11 Å². The molecule has 0 atom stereocenters. The molecular weight excluding hydrogens is 419 g/mol. The normalized spacial score (nSPS) is 14.9. The van der Waals surface area contributed by atoms with Crippen LogP contribution in [-0.4, -0.2) is 64.7 Å². The lowest BCUT2D eigenvalue weighted by atomic mass is 9.93. The Bertz CT molecular complexity index is 963. The van der Waals surface area contributed by atoms with Gasteiger partial charge in [0.1, 0.15) is 12.2 Å². The first kappa shape index (κ1) is 22.2. The Morgan fingerprint density at radius 3 is 2.52 bits per heavy atom. The number of alkyl halides is 3. The molecule has 166 valence electrons. The van der Waals surface area contributed by atoms with E-state index < -0.39 is 30.4 Å². The van der Waals surface area contributed by atoms with Gasteiger partial charge in [0, 0.05) is 24.7 Å². The number of amides is 2. The number of halogens is 3. The summed E-state index contributed by atoms with van der Waals surface area (Å²) in [5, 5.41) is 1.73. The highest BCUT2D eigenvalue weighted by atomic mass is 19.4. The molecule has 1 fully saturated rings. The lowest BCUT2D eigenvalue weighted by Crippen LogP contribution is -2.37. The summed E-state index contributed by atoms with van der Waals surface area (Å²) in [6.45, 7) is -0.522. The van der Waals surface area contributed by atoms with Crippen molar-refractivity contribution in [1.29, 1.82) is 0 Å². The second-order valence-electron chi connectivity index (χ2n) is 6.82. The molecule has 0 saturated carbocycles. The zero-order valence-electron chi connectivity index (χ0n) is 16.5. The quantitative estimate of drug-likeness (QED) is 0.682. The molecule has 31 heavy (non-hydrogen) atoms. The molecule has 0 aliphatic carbocycles. The minimum absolute atomic E-state index is 0.0776. The summed E-state index contributed by atoms with van der Waals surface area (Å²) in [7, 11) is 1.28. The summed E-state index contributed by atoms with van der Waals surface area (Å²) < 4.78 is 42.0. The molecule has 2 aromatic rings. The lowest BCUT2D eigenvalue weighted by molar-refractivity contribution is -0.123. The van der Waals surface area contributed by atoms with Crippen molar-refractivity contribution in [2.75, 3.05) is 31.6 Å². The van der Waals surface area contributed by atoms with Crippen LogP contribution in [0.15, 0.2) is 18.2 Å². The molecular formula is C18H20F3N7O3. The van der Waals surface area contributed by atoms with Gasteiger partial charge >= 0.3 is 12.2 Å². The van der Waals surface area contributed by atoms with Crippen LogP contribution in [0, 0.1) is 0 Å². The van der Waals surface area contributed by atoms with Crippen molar-refractivity contribution < 1.29 is 27.5 Å². The molecule has 0 bridgehead atoms. The third kappa shape index (κ3) is 5.77. The number of nitrogens with two attached hydrogens (primary N) is 1. The number of carbonyl (C=O) groups excluding carboxylic acids is 2. The number of anilines is 1. The summed E-state index contributed by atoms with van der Waals surface area (Å²) in [5.74, 6) is -1.95. The van der Waals surface area contributed by atoms with Crippen LogP contribution in [0.4, 0.5) is 19.1 Å². The van der Waals surface area contributed by atoms with E-state index in [1.807, 2.05) is 6.07 Å². The van der Waals surface area contributed by atoms with E-state index in [0.717, 1.165) is 5.69 Å². The fraction of sp³-hybridized carbons (Fsp3) is 0.444. The number of ether oxygens (including phenoxy) is 1. The minimum Gasteiger partial charge on any atom is -0.467 e. The SMILES string of the molecule is COc1nc(C(=O)NCC(F)(F)F)nc(N2CCC(c3cccc(C(N)=O)n3)CC2)n1. The van der Waals surface area contributed by atoms with E-state index in [4.69, 9.17) is 10.5 Å². The Morgan fingerprint density at radius 1 is 1.19 bits per heavy atom. The maximum atomic E-state index is 12.4. The van der Waals surface area contributed by atoms with E-state index in [0.29, 0.717) is 25.9 Å². The van der Waals surface area contributed by atoms with Gasteiger partial charge in [-0.05, 0) is 25.0 Å². The van der Waals surface area contributed by atoms with Crippen LogP contribution >= 0.6 is 0 Å². The maximum Gasteiger partial charge on any atom is 0.405 e. The monoisotopic (exact) mass is 439 g/mol. The Kier molecular flexibility index (Phi) is 6.51.